The predicted molar refractivity (Wildman–Crippen MR) is 104 cm³/mol. The molecule has 1 aliphatic rings. The summed E-state index contributed by atoms with van der Waals surface area (Å²) in [6, 6.07) is 0.0564. The first kappa shape index (κ1) is 22.4. The lowest BCUT2D eigenvalue weighted by Gasteiger charge is -2.21. The van der Waals surface area contributed by atoms with E-state index in [9.17, 15) is 14.7 Å². The number of nitrogens with zero attached hydrogens (tertiary/aromatic N) is 1. The van der Waals surface area contributed by atoms with E-state index in [4.69, 9.17) is 5.11 Å². The van der Waals surface area contributed by atoms with Crippen LogP contribution in [-0.2, 0) is 9.59 Å². The number of hydrogen-bond acceptors (Lipinski definition) is 3. The Hall–Kier alpha value is -1.62. The molecule has 1 amide bonds. The van der Waals surface area contributed by atoms with E-state index in [1.807, 2.05) is 29.2 Å². The number of carboxylic acid groups (broad SMARTS) is 1. The van der Waals surface area contributed by atoms with Crippen molar-refractivity contribution in [1.29, 1.82) is 0 Å². The molecule has 0 aromatic heterocycles. The van der Waals surface area contributed by atoms with E-state index in [0.29, 0.717) is 25.8 Å². The number of hydrogen-bond donors (Lipinski definition) is 2. The zero-order valence-electron chi connectivity index (χ0n) is 16.1. The lowest BCUT2D eigenvalue weighted by atomic mass is 10.1. The third kappa shape index (κ3) is 9.76. The van der Waals surface area contributed by atoms with E-state index < -0.39 is 12.1 Å². The molecule has 0 aromatic rings. The maximum atomic E-state index is 12.0. The number of amides is 1. The van der Waals surface area contributed by atoms with Crippen LogP contribution < -0.4 is 0 Å². The van der Waals surface area contributed by atoms with Crippen LogP contribution in [0, 0.1) is 0 Å². The van der Waals surface area contributed by atoms with Crippen LogP contribution in [0.2, 0.25) is 0 Å². The summed E-state index contributed by atoms with van der Waals surface area (Å²) in [6.07, 6.45) is 16.8. The summed E-state index contributed by atoms with van der Waals surface area (Å²) in [5.74, 6) is -0.633. The summed E-state index contributed by atoms with van der Waals surface area (Å²) in [5.41, 5.74) is 0. The van der Waals surface area contributed by atoms with Gasteiger partial charge >= 0.3 is 5.97 Å². The van der Waals surface area contributed by atoms with Crippen molar-refractivity contribution in [2.45, 2.75) is 89.7 Å². The number of carbonyl (C=O) groups excluding carboxylic acids is 1. The van der Waals surface area contributed by atoms with Gasteiger partial charge in [0, 0.05) is 19.4 Å². The molecule has 5 nitrogen and oxygen atoms in total. The summed E-state index contributed by atoms with van der Waals surface area (Å²) >= 11 is 0. The molecule has 2 unspecified atom stereocenters. The molecule has 2 N–H and O–H groups in total. The largest absolute Gasteiger partial charge is 0.481 e. The Labute approximate surface area is 157 Å². The van der Waals surface area contributed by atoms with Gasteiger partial charge in [-0.1, -0.05) is 63.3 Å². The van der Waals surface area contributed by atoms with Crippen LogP contribution in [0.4, 0.5) is 0 Å². The van der Waals surface area contributed by atoms with Crippen LogP contribution in [0.15, 0.2) is 24.3 Å². The average molecular weight is 366 g/mol. The number of aliphatic carboxylic acids is 1. The Morgan fingerprint density at radius 1 is 1.23 bits per heavy atom. The van der Waals surface area contributed by atoms with E-state index in [1.54, 1.807) is 0 Å². The molecule has 1 rings (SSSR count). The fourth-order valence-corrected chi connectivity index (χ4v) is 3.18. The van der Waals surface area contributed by atoms with Gasteiger partial charge in [0.25, 0.3) is 0 Å². The SMILES string of the molecule is CCCCCCCC(O)C=CC1CCC(=O)N1CC=CCCCC(=O)O. The fraction of sp³-hybridized carbons (Fsp3) is 0.714. The quantitative estimate of drug-likeness (QED) is 0.359. The smallest absolute Gasteiger partial charge is 0.303 e. The molecule has 0 radical (unpaired) electrons. The van der Waals surface area contributed by atoms with Crippen LogP contribution in [0.25, 0.3) is 0 Å². The fourth-order valence-electron chi connectivity index (χ4n) is 3.18. The van der Waals surface area contributed by atoms with Gasteiger partial charge in [-0.05, 0) is 25.7 Å². The highest BCUT2D eigenvalue weighted by Crippen LogP contribution is 2.20. The molecule has 0 aromatic carbocycles. The zero-order chi connectivity index (χ0) is 19.2. The number of rotatable bonds is 14. The molecule has 0 saturated carbocycles. The number of allylic oxidation sites excluding steroid dienone is 1. The maximum Gasteiger partial charge on any atom is 0.303 e. The molecule has 1 saturated heterocycles. The van der Waals surface area contributed by atoms with Crippen LogP contribution in [0.1, 0.15) is 77.6 Å². The highest BCUT2D eigenvalue weighted by atomic mass is 16.4. The number of unbranched alkanes of at least 4 members (excludes halogenated alkanes) is 5. The Balaban J connectivity index is 2.31. The molecule has 1 aliphatic heterocycles. The Kier molecular flexibility index (Phi) is 11.7. The standard InChI is InChI=1S/C21H35NO4/c1-2-3-4-5-8-11-19(23)15-13-18-14-16-20(24)22(18)17-10-7-6-9-12-21(25)26/h7,10,13,15,18-19,23H,2-6,8-9,11-12,14,16-17H2,1H3,(H,25,26). The van der Waals surface area contributed by atoms with Gasteiger partial charge in [0.15, 0.2) is 0 Å². The average Bonchev–Trinajstić information content (AvgIpc) is 2.95. The highest BCUT2D eigenvalue weighted by molar-refractivity contribution is 5.79. The minimum atomic E-state index is -0.776. The number of aliphatic hydroxyl groups excluding tert-OH is 1. The molecular formula is C21H35NO4. The van der Waals surface area contributed by atoms with Gasteiger partial charge in [0.1, 0.15) is 0 Å². The van der Waals surface area contributed by atoms with Crippen molar-refractivity contribution in [1.82, 2.24) is 4.90 Å². The summed E-state index contributed by atoms with van der Waals surface area (Å²) < 4.78 is 0. The van der Waals surface area contributed by atoms with Gasteiger partial charge in [-0.25, -0.2) is 0 Å². The number of likely N-dealkylation sites (tertiary alicyclic amines) is 1. The van der Waals surface area contributed by atoms with Crippen molar-refractivity contribution in [3.63, 3.8) is 0 Å². The van der Waals surface area contributed by atoms with E-state index in [1.165, 1.54) is 25.7 Å². The molecule has 0 spiro atoms. The Bertz CT molecular complexity index is 473. The molecule has 0 aliphatic carbocycles. The summed E-state index contributed by atoms with van der Waals surface area (Å²) in [7, 11) is 0. The predicted octanol–water partition coefficient (Wildman–Crippen LogP) is 4.07. The minimum Gasteiger partial charge on any atom is -0.481 e. The van der Waals surface area contributed by atoms with Gasteiger partial charge in [-0.15, -0.1) is 0 Å². The first-order valence-corrected chi connectivity index (χ1v) is 10.1. The normalized spacial score (nSPS) is 19.1. The third-order valence-electron chi connectivity index (χ3n) is 4.76. The van der Waals surface area contributed by atoms with Crippen molar-refractivity contribution in [3.05, 3.63) is 24.3 Å². The first-order valence-electron chi connectivity index (χ1n) is 10.1. The number of carbonyl (C=O) groups is 2. The molecule has 5 heteroatoms. The van der Waals surface area contributed by atoms with E-state index >= 15 is 0 Å². The second-order valence-electron chi connectivity index (χ2n) is 7.06. The number of aliphatic hydroxyl groups is 1. The number of carboxylic acids is 1. The second-order valence-corrected chi connectivity index (χ2v) is 7.06. The van der Waals surface area contributed by atoms with Crippen LogP contribution in [0.5, 0.6) is 0 Å². The molecular weight excluding hydrogens is 330 g/mol. The molecule has 26 heavy (non-hydrogen) atoms. The monoisotopic (exact) mass is 365 g/mol. The lowest BCUT2D eigenvalue weighted by Crippen LogP contribution is -2.32. The van der Waals surface area contributed by atoms with E-state index in [-0.39, 0.29) is 18.4 Å². The van der Waals surface area contributed by atoms with Gasteiger partial charge < -0.3 is 15.1 Å². The van der Waals surface area contributed by atoms with Crippen LogP contribution >= 0.6 is 0 Å². The van der Waals surface area contributed by atoms with Gasteiger partial charge in [0.2, 0.25) is 5.91 Å². The second kappa shape index (κ2) is 13.6. The molecule has 148 valence electrons. The van der Waals surface area contributed by atoms with E-state index in [0.717, 1.165) is 19.3 Å². The molecule has 2 atom stereocenters. The van der Waals surface area contributed by atoms with Crippen LogP contribution in [-0.4, -0.2) is 45.7 Å². The Morgan fingerprint density at radius 3 is 2.73 bits per heavy atom. The molecule has 1 fully saturated rings. The molecule has 1 heterocycles. The van der Waals surface area contributed by atoms with Gasteiger partial charge in [-0.3, -0.25) is 9.59 Å². The van der Waals surface area contributed by atoms with Crippen molar-refractivity contribution < 1.29 is 19.8 Å². The summed E-state index contributed by atoms with van der Waals surface area (Å²) in [4.78, 5) is 24.3. The van der Waals surface area contributed by atoms with Gasteiger partial charge in [-0.2, -0.15) is 0 Å². The van der Waals surface area contributed by atoms with Crippen molar-refractivity contribution >= 4 is 11.9 Å². The first-order chi connectivity index (χ1) is 12.5. The van der Waals surface area contributed by atoms with E-state index in [2.05, 4.69) is 6.92 Å². The van der Waals surface area contributed by atoms with Crippen molar-refractivity contribution in [2.75, 3.05) is 6.54 Å². The third-order valence-corrected chi connectivity index (χ3v) is 4.76. The highest BCUT2D eigenvalue weighted by Gasteiger charge is 2.27. The van der Waals surface area contributed by atoms with Crippen LogP contribution in [0.3, 0.4) is 0 Å². The van der Waals surface area contributed by atoms with Gasteiger partial charge in [0.05, 0.1) is 12.1 Å². The zero-order valence-corrected chi connectivity index (χ0v) is 16.1. The van der Waals surface area contributed by atoms with Crippen molar-refractivity contribution in [2.24, 2.45) is 0 Å². The molecule has 0 bridgehead atoms. The Morgan fingerprint density at radius 2 is 2.00 bits per heavy atom. The lowest BCUT2D eigenvalue weighted by molar-refractivity contribution is -0.137. The summed E-state index contributed by atoms with van der Waals surface area (Å²) in [6.45, 7) is 2.74. The van der Waals surface area contributed by atoms with Crippen molar-refractivity contribution in [3.8, 4) is 0 Å². The summed E-state index contributed by atoms with van der Waals surface area (Å²) in [5, 5.41) is 18.7. The maximum absolute atomic E-state index is 12.0. The minimum absolute atomic E-state index is 0.0564. The topological polar surface area (TPSA) is 77.8 Å².